The van der Waals surface area contributed by atoms with Crippen LogP contribution in [0.15, 0.2) is 18.5 Å². The molecule has 1 N–H and O–H groups in total. The van der Waals surface area contributed by atoms with Crippen molar-refractivity contribution in [2.75, 3.05) is 7.05 Å². The van der Waals surface area contributed by atoms with Crippen LogP contribution in [-0.2, 0) is 6.18 Å². The molecule has 1 amide bonds. The summed E-state index contributed by atoms with van der Waals surface area (Å²) >= 11 is 0. The normalized spacial score (nSPS) is 10.8. The molecular formula is C9H8F3N3O. The van der Waals surface area contributed by atoms with Crippen LogP contribution >= 0.6 is 0 Å². The Morgan fingerprint density at radius 3 is 2.75 bits per heavy atom. The van der Waals surface area contributed by atoms with E-state index in [1.54, 1.807) is 0 Å². The van der Waals surface area contributed by atoms with Gasteiger partial charge in [-0.15, -0.1) is 5.73 Å². The van der Waals surface area contributed by atoms with Crippen LogP contribution in [0.4, 0.5) is 13.2 Å². The minimum atomic E-state index is -4.67. The average molecular weight is 231 g/mol. The smallest absolute Gasteiger partial charge is 0.355 e. The number of aromatic nitrogens is 2. The minimum absolute atomic E-state index is 0.511. The lowest BCUT2D eigenvalue weighted by atomic mass is 10.2. The maximum Gasteiger partial charge on any atom is 0.434 e. The molecule has 4 nitrogen and oxygen atoms in total. The Morgan fingerprint density at radius 1 is 1.69 bits per heavy atom. The third-order valence-corrected chi connectivity index (χ3v) is 1.75. The van der Waals surface area contributed by atoms with Crippen LogP contribution in [0.25, 0.3) is 6.20 Å². The Hall–Kier alpha value is -2.01. The maximum absolute atomic E-state index is 12.7. The van der Waals surface area contributed by atoms with E-state index in [0.29, 0.717) is 4.68 Å². The van der Waals surface area contributed by atoms with E-state index in [1.807, 2.05) is 0 Å². The molecule has 0 bridgehead atoms. The van der Waals surface area contributed by atoms with E-state index in [2.05, 4.69) is 22.7 Å². The molecule has 0 unspecified atom stereocenters. The van der Waals surface area contributed by atoms with Crippen molar-refractivity contribution in [3.63, 3.8) is 0 Å². The molecule has 0 atom stereocenters. The second kappa shape index (κ2) is 4.24. The van der Waals surface area contributed by atoms with E-state index in [4.69, 9.17) is 0 Å². The molecule has 0 aliphatic carbocycles. The zero-order valence-corrected chi connectivity index (χ0v) is 8.30. The van der Waals surface area contributed by atoms with E-state index >= 15 is 0 Å². The third kappa shape index (κ3) is 2.14. The first-order chi connectivity index (χ1) is 7.41. The monoisotopic (exact) mass is 231 g/mol. The van der Waals surface area contributed by atoms with Gasteiger partial charge < -0.3 is 5.32 Å². The molecule has 86 valence electrons. The zero-order chi connectivity index (χ0) is 12.3. The Morgan fingerprint density at radius 2 is 2.31 bits per heavy atom. The molecule has 1 aromatic heterocycles. The van der Waals surface area contributed by atoms with Gasteiger partial charge in [-0.25, -0.2) is 4.68 Å². The highest BCUT2D eigenvalue weighted by Crippen LogP contribution is 2.32. The van der Waals surface area contributed by atoms with Gasteiger partial charge in [0.2, 0.25) is 0 Å². The number of rotatable bonds is 2. The van der Waals surface area contributed by atoms with Crippen LogP contribution in [0, 0.1) is 0 Å². The Bertz CT molecular complexity index is 455. The first-order valence-corrected chi connectivity index (χ1v) is 4.14. The summed E-state index contributed by atoms with van der Waals surface area (Å²) in [5.74, 6) is -0.851. The SMILES string of the molecule is C=C=Cn1ncc(C(=O)NC)c1C(F)(F)F. The van der Waals surface area contributed by atoms with Crippen LogP contribution in [0.1, 0.15) is 16.1 Å². The molecule has 1 aromatic rings. The highest BCUT2D eigenvalue weighted by atomic mass is 19.4. The molecule has 0 aliphatic rings. The van der Waals surface area contributed by atoms with E-state index in [9.17, 15) is 18.0 Å². The Kier molecular flexibility index (Phi) is 3.20. The summed E-state index contributed by atoms with van der Waals surface area (Å²) in [5, 5.41) is 5.53. The van der Waals surface area contributed by atoms with Crippen molar-refractivity contribution in [2.45, 2.75) is 6.18 Å². The van der Waals surface area contributed by atoms with Gasteiger partial charge in [0.15, 0.2) is 5.69 Å². The highest BCUT2D eigenvalue weighted by Gasteiger charge is 2.39. The number of carbonyl (C=O) groups excluding carboxylic acids is 1. The molecular weight excluding hydrogens is 223 g/mol. The van der Waals surface area contributed by atoms with E-state index in [0.717, 1.165) is 12.4 Å². The van der Waals surface area contributed by atoms with Crippen molar-refractivity contribution in [1.29, 1.82) is 0 Å². The van der Waals surface area contributed by atoms with Crippen molar-refractivity contribution in [2.24, 2.45) is 0 Å². The predicted molar refractivity (Wildman–Crippen MR) is 50.5 cm³/mol. The number of hydrogen-bond acceptors (Lipinski definition) is 2. The fraction of sp³-hybridized carbons (Fsp3) is 0.222. The van der Waals surface area contributed by atoms with Gasteiger partial charge in [0.1, 0.15) is 0 Å². The summed E-state index contributed by atoms with van der Waals surface area (Å²) in [6.45, 7) is 3.14. The summed E-state index contributed by atoms with van der Waals surface area (Å²) in [7, 11) is 1.24. The summed E-state index contributed by atoms with van der Waals surface area (Å²) in [4.78, 5) is 11.2. The number of nitrogens with zero attached hydrogens (tertiary/aromatic N) is 2. The second-order valence-corrected chi connectivity index (χ2v) is 2.76. The lowest BCUT2D eigenvalue weighted by Crippen LogP contribution is -2.22. The number of nitrogens with one attached hydrogen (secondary N) is 1. The zero-order valence-electron chi connectivity index (χ0n) is 8.30. The van der Waals surface area contributed by atoms with Gasteiger partial charge in [-0.3, -0.25) is 4.79 Å². The molecule has 16 heavy (non-hydrogen) atoms. The summed E-state index contributed by atoms with van der Waals surface area (Å²) in [6, 6.07) is 0. The van der Waals surface area contributed by atoms with Crippen LogP contribution in [0.3, 0.4) is 0 Å². The summed E-state index contributed by atoms with van der Waals surface area (Å²) < 4.78 is 38.5. The van der Waals surface area contributed by atoms with Gasteiger partial charge >= 0.3 is 6.18 Å². The number of hydrogen-bond donors (Lipinski definition) is 1. The van der Waals surface area contributed by atoms with Gasteiger partial charge in [0.05, 0.1) is 18.0 Å². The largest absolute Gasteiger partial charge is 0.434 e. The molecule has 0 saturated carbocycles. The lowest BCUT2D eigenvalue weighted by molar-refractivity contribution is -0.142. The van der Waals surface area contributed by atoms with E-state index in [1.165, 1.54) is 7.05 Å². The van der Waals surface area contributed by atoms with Crippen molar-refractivity contribution < 1.29 is 18.0 Å². The van der Waals surface area contributed by atoms with E-state index < -0.39 is 23.3 Å². The molecule has 0 saturated heterocycles. The number of alkyl halides is 3. The number of amides is 1. The first-order valence-electron chi connectivity index (χ1n) is 4.14. The molecule has 0 aliphatic heterocycles. The molecule has 7 heteroatoms. The molecule has 0 radical (unpaired) electrons. The summed E-state index contributed by atoms with van der Waals surface area (Å²) in [6.07, 6.45) is -2.93. The topological polar surface area (TPSA) is 46.9 Å². The summed E-state index contributed by atoms with van der Waals surface area (Å²) in [5.41, 5.74) is 0.470. The van der Waals surface area contributed by atoms with Crippen molar-refractivity contribution in [1.82, 2.24) is 15.1 Å². The van der Waals surface area contributed by atoms with Gasteiger partial charge in [-0.2, -0.15) is 18.3 Å². The number of carbonyl (C=O) groups is 1. The molecule has 1 rings (SSSR count). The van der Waals surface area contributed by atoms with Crippen LogP contribution in [0.5, 0.6) is 0 Å². The van der Waals surface area contributed by atoms with Gasteiger partial charge in [0, 0.05) is 7.05 Å². The first kappa shape index (κ1) is 12.1. The fourth-order valence-electron chi connectivity index (χ4n) is 1.13. The van der Waals surface area contributed by atoms with Gasteiger partial charge in [0.25, 0.3) is 5.91 Å². The molecule has 0 aromatic carbocycles. The maximum atomic E-state index is 12.7. The van der Waals surface area contributed by atoms with E-state index in [-0.39, 0.29) is 0 Å². The van der Waals surface area contributed by atoms with Gasteiger partial charge in [-0.1, -0.05) is 6.58 Å². The quantitative estimate of drug-likeness (QED) is 0.784. The fourth-order valence-corrected chi connectivity index (χ4v) is 1.13. The molecule has 0 fully saturated rings. The molecule has 1 heterocycles. The van der Waals surface area contributed by atoms with Gasteiger partial charge in [-0.05, 0) is 0 Å². The van der Waals surface area contributed by atoms with Crippen LogP contribution in [0.2, 0.25) is 0 Å². The lowest BCUT2D eigenvalue weighted by Gasteiger charge is -2.08. The Labute approximate surface area is 89.1 Å². The van der Waals surface area contributed by atoms with Crippen molar-refractivity contribution >= 4 is 12.1 Å². The average Bonchev–Trinajstić information content (AvgIpc) is 2.60. The van der Waals surface area contributed by atoms with Crippen molar-refractivity contribution in [3.8, 4) is 0 Å². The van der Waals surface area contributed by atoms with Crippen molar-refractivity contribution in [3.05, 3.63) is 29.8 Å². The third-order valence-electron chi connectivity index (χ3n) is 1.75. The minimum Gasteiger partial charge on any atom is -0.355 e. The van der Waals surface area contributed by atoms with Crippen LogP contribution in [-0.4, -0.2) is 22.7 Å². The second-order valence-electron chi connectivity index (χ2n) is 2.76. The molecule has 0 spiro atoms. The standard InChI is InChI=1S/C9H8F3N3O/c1-3-4-15-7(9(10,11)12)6(5-14-15)8(16)13-2/h4-5H,1H2,2H3,(H,13,16). The highest BCUT2D eigenvalue weighted by molar-refractivity contribution is 5.95. The Balaban J connectivity index is 3.42. The van der Waals surface area contributed by atoms with Crippen LogP contribution < -0.4 is 5.32 Å². The predicted octanol–water partition coefficient (Wildman–Crippen LogP) is 1.52. The number of halogens is 3.